The second kappa shape index (κ2) is 2.56. The van der Waals surface area contributed by atoms with E-state index in [1.54, 1.807) is 0 Å². The van der Waals surface area contributed by atoms with E-state index in [0.717, 1.165) is 0 Å². The van der Waals surface area contributed by atoms with E-state index in [0.29, 0.717) is 0 Å². The molecule has 0 saturated carbocycles. The van der Waals surface area contributed by atoms with Gasteiger partial charge < -0.3 is 10.8 Å². The van der Waals surface area contributed by atoms with Gasteiger partial charge in [-0.2, -0.15) is 0 Å². The lowest BCUT2D eigenvalue weighted by Crippen LogP contribution is -2.36. The van der Waals surface area contributed by atoms with E-state index < -0.39 is 18.4 Å². The van der Waals surface area contributed by atoms with Gasteiger partial charge in [-0.1, -0.05) is 0 Å². The number of nitrogens with two attached hydrogens (primary N) is 1. The van der Waals surface area contributed by atoms with Crippen molar-refractivity contribution in [3.05, 3.63) is 0 Å². The minimum absolute atomic E-state index is 1.68. The van der Waals surface area contributed by atoms with E-state index >= 15 is 0 Å². The van der Waals surface area contributed by atoms with Crippen LogP contribution in [0, 0.1) is 0 Å². The Morgan fingerprint density at radius 3 is 2.00 bits per heavy atom. The summed E-state index contributed by atoms with van der Waals surface area (Å²) in [4.78, 5) is 9.54. The molecule has 0 spiro atoms. The Balaban J connectivity index is 3.64. The van der Waals surface area contributed by atoms with Crippen molar-refractivity contribution < 1.29 is 18.7 Å². The summed E-state index contributed by atoms with van der Waals surface area (Å²) in [6.07, 6.45) is -2.98. The zero-order valence-electron chi connectivity index (χ0n) is 3.84. The highest BCUT2D eigenvalue weighted by atomic mass is 19.3. The largest absolute Gasteiger partial charge is 0.480 e. The molecule has 0 aromatic heterocycles. The molecule has 0 aromatic carbocycles. The number of carboxylic acid groups (broad SMARTS) is 1. The number of hydrogen-bond acceptors (Lipinski definition) is 2. The highest BCUT2D eigenvalue weighted by molar-refractivity contribution is 5.73. The standard InChI is InChI=1S/C3H5F2NO2/c4-2(5)1(6)3(7)8/h1-2H,6H2,(H,7,8)/t1-/m0/s1. The van der Waals surface area contributed by atoms with Gasteiger partial charge in [0.05, 0.1) is 0 Å². The third-order valence-electron chi connectivity index (χ3n) is 0.557. The Morgan fingerprint density at radius 1 is 1.62 bits per heavy atom. The molecule has 0 amide bonds. The summed E-state index contributed by atoms with van der Waals surface area (Å²) < 4.78 is 22.3. The van der Waals surface area contributed by atoms with Crippen molar-refractivity contribution in [1.82, 2.24) is 0 Å². The molecule has 0 saturated heterocycles. The maximum Gasteiger partial charge on any atom is 0.326 e. The van der Waals surface area contributed by atoms with E-state index in [1.165, 1.54) is 0 Å². The molecule has 0 aliphatic heterocycles. The molecular weight excluding hydrogens is 120 g/mol. The molecule has 0 heterocycles. The molecule has 0 aliphatic carbocycles. The predicted octanol–water partition coefficient (Wildman–Crippen LogP) is -0.337. The van der Waals surface area contributed by atoms with Gasteiger partial charge in [-0.25, -0.2) is 8.78 Å². The fraction of sp³-hybridized carbons (Fsp3) is 0.667. The Labute approximate surface area is 44.1 Å². The molecule has 5 heteroatoms. The summed E-state index contributed by atoms with van der Waals surface area (Å²) in [6, 6.07) is -2.05. The van der Waals surface area contributed by atoms with Crippen molar-refractivity contribution in [2.75, 3.05) is 0 Å². The summed E-state index contributed by atoms with van der Waals surface area (Å²) in [7, 11) is 0. The minimum Gasteiger partial charge on any atom is -0.480 e. The van der Waals surface area contributed by atoms with Crippen LogP contribution in [0.4, 0.5) is 8.78 Å². The summed E-state index contributed by atoms with van der Waals surface area (Å²) in [6.45, 7) is 0. The van der Waals surface area contributed by atoms with Crippen molar-refractivity contribution >= 4 is 5.97 Å². The molecule has 3 nitrogen and oxygen atoms in total. The predicted molar refractivity (Wildman–Crippen MR) is 21.6 cm³/mol. The maximum atomic E-state index is 11.2. The topological polar surface area (TPSA) is 63.3 Å². The molecular formula is C3H5F2NO2. The molecule has 0 radical (unpaired) electrons. The minimum atomic E-state index is -2.98. The molecule has 0 aliphatic rings. The zero-order chi connectivity index (χ0) is 6.73. The first-order valence-electron chi connectivity index (χ1n) is 1.82. The van der Waals surface area contributed by atoms with E-state index in [4.69, 9.17) is 5.11 Å². The number of carbonyl (C=O) groups is 1. The van der Waals surface area contributed by atoms with Gasteiger partial charge in [0, 0.05) is 0 Å². The third kappa shape index (κ3) is 1.83. The highest BCUT2D eigenvalue weighted by Gasteiger charge is 2.22. The molecule has 0 unspecified atom stereocenters. The number of halogens is 2. The fourth-order valence-corrected chi connectivity index (χ4v) is 0.108. The Morgan fingerprint density at radius 2 is 2.00 bits per heavy atom. The van der Waals surface area contributed by atoms with Crippen LogP contribution in [0.15, 0.2) is 0 Å². The summed E-state index contributed by atoms with van der Waals surface area (Å²) >= 11 is 0. The summed E-state index contributed by atoms with van der Waals surface area (Å²) in [5.41, 5.74) is 4.41. The van der Waals surface area contributed by atoms with Crippen LogP contribution >= 0.6 is 0 Å². The first-order valence-corrected chi connectivity index (χ1v) is 1.82. The van der Waals surface area contributed by atoms with Crippen LogP contribution < -0.4 is 5.73 Å². The average molecular weight is 125 g/mol. The van der Waals surface area contributed by atoms with Crippen LogP contribution in [-0.2, 0) is 4.79 Å². The van der Waals surface area contributed by atoms with Gasteiger partial charge in [-0.15, -0.1) is 0 Å². The molecule has 1 atom stereocenters. The van der Waals surface area contributed by atoms with Crippen molar-refractivity contribution in [3.63, 3.8) is 0 Å². The monoisotopic (exact) mass is 125 g/mol. The van der Waals surface area contributed by atoms with Gasteiger partial charge in [0.25, 0.3) is 6.43 Å². The lowest BCUT2D eigenvalue weighted by atomic mass is 10.3. The third-order valence-corrected chi connectivity index (χ3v) is 0.557. The van der Waals surface area contributed by atoms with Crippen LogP contribution in [0.25, 0.3) is 0 Å². The number of alkyl halides is 2. The van der Waals surface area contributed by atoms with Gasteiger partial charge in [-0.05, 0) is 0 Å². The van der Waals surface area contributed by atoms with Gasteiger partial charge in [0.1, 0.15) is 0 Å². The molecule has 0 fully saturated rings. The van der Waals surface area contributed by atoms with Crippen LogP contribution in [0.1, 0.15) is 0 Å². The van der Waals surface area contributed by atoms with Gasteiger partial charge in [-0.3, -0.25) is 4.79 Å². The first kappa shape index (κ1) is 7.29. The Kier molecular flexibility index (Phi) is 2.33. The van der Waals surface area contributed by atoms with E-state index in [9.17, 15) is 13.6 Å². The van der Waals surface area contributed by atoms with Gasteiger partial charge >= 0.3 is 5.97 Å². The molecule has 0 aromatic rings. The number of rotatable bonds is 2. The second-order valence-corrected chi connectivity index (χ2v) is 1.20. The molecule has 8 heavy (non-hydrogen) atoms. The van der Waals surface area contributed by atoms with Crippen molar-refractivity contribution in [1.29, 1.82) is 0 Å². The van der Waals surface area contributed by atoms with Crippen LogP contribution in [0.2, 0.25) is 0 Å². The van der Waals surface area contributed by atoms with Gasteiger partial charge in [0.15, 0.2) is 6.04 Å². The van der Waals surface area contributed by atoms with Crippen molar-refractivity contribution in [3.8, 4) is 0 Å². The number of carboxylic acids is 1. The highest BCUT2D eigenvalue weighted by Crippen LogP contribution is 1.96. The Bertz CT molecular complexity index is 95.3. The van der Waals surface area contributed by atoms with Crippen LogP contribution in [0.3, 0.4) is 0 Å². The van der Waals surface area contributed by atoms with Crippen molar-refractivity contribution in [2.24, 2.45) is 5.73 Å². The molecule has 0 bridgehead atoms. The van der Waals surface area contributed by atoms with E-state index in [-0.39, 0.29) is 0 Å². The normalized spacial score (nSPS) is 14.0. The van der Waals surface area contributed by atoms with E-state index in [2.05, 4.69) is 5.73 Å². The van der Waals surface area contributed by atoms with Crippen LogP contribution in [0.5, 0.6) is 0 Å². The SMILES string of the molecule is N[C@H](C(=O)O)C(F)F. The quantitative estimate of drug-likeness (QED) is 0.530. The molecule has 48 valence electrons. The summed E-state index contributed by atoms with van der Waals surface area (Å²) in [5.74, 6) is -1.68. The second-order valence-electron chi connectivity index (χ2n) is 1.20. The number of hydrogen-bond donors (Lipinski definition) is 2. The molecule has 0 rings (SSSR count). The van der Waals surface area contributed by atoms with Crippen molar-refractivity contribution in [2.45, 2.75) is 12.5 Å². The molecule has 3 N–H and O–H groups in total. The van der Waals surface area contributed by atoms with E-state index in [1.807, 2.05) is 0 Å². The van der Waals surface area contributed by atoms with Gasteiger partial charge in [0.2, 0.25) is 0 Å². The average Bonchev–Trinajstić information content (AvgIpc) is 1.64. The Hall–Kier alpha value is -0.710. The lowest BCUT2D eigenvalue weighted by Gasteiger charge is -2.01. The fourth-order valence-electron chi connectivity index (χ4n) is 0.108. The first-order chi connectivity index (χ1) is 3.55. The van der Waals surface area contributed by atoms with Crippen LogP contribution in [-0.4, -0.2) is 23.5 Å². The maximum absolute atomic E-state index is 11.2. The lowest BCUT2D eigenvalue weighted by molar-refractivity contribution is -0.142. The smallest absolute Gasteiger partial charge is 0.326 e. The zero-order valence-corrected chi connectivity index (χ0v) is 3.84. The number of aliphatic carboxylic acids is 1. The summed E-state index contributed by atoms with van der Waals surface area (Å²) in [5, 5.41) is 7.75.